The van der Waals surface area contributed by atoms with Crippen LogP contribution in [-0.4, -0.2) is 87.9 Å². The molecule has 0 aromatic heterocycles. The molecule has 4 atom stereocenters. The highest BCUT2D eigenvalue weighted by molar-refractivity contribution is 6.22. The van der Waals surface area contributed by atoms with Crippen LogP contribution in [0.25, 0.3) is 5.76 Å². The number of amides is 1. The number of phenols is 1. The Bertz CT molecular complexity index is 1410. The van der Waals surface area contributed by atoms with Crippen LogP contribution in [-0.2, 0) is 32.0 Å². The van der Waals surface area contributed by atoms with E-state index in [1.54, 1.807) is 6.07 Å². The fourth-order valence-corrected chi connectivity index (χ4v) is 7.05. The summed E-state index contributed by atoms with van der Waals surface area (Å²) in [5.41, 5.74) is 3.41. The number of aryl methyl sites for hydroxylation is 1. The average molecular weight is 554 g/mol. The number of likely N-dealkylation sites (N-methyl/N-ethyl adjacent to an activating group) is 1. The third kappa shape index (κ3) is 4.02. The zero-order chi connectivity index (χ0) is 29.3. The minimum atomic E-state index is -2.60. The number of nitrogens with zero attached hydrogens (tertiary/aromatic N) is 2. The molecule has 1 aromatic rings. The molecule has 1 aliphatic heterocycles. The summed E-state index contributed by atoms with van der Waals surface area (Å²) in [6, 6.07) is 1.63. The van der Waals surface area contributed by atoms with Crippen molar-refractivity contribution >= 4 is 34.7 Å². The van der Waals surface area contributed by atoms with E-state index in [0.717, 1.165) is 19.4 Å². The lowest BCUT2D eigenvalue weighted by atomic mass is 9.59. The molecule has 1 heterocycles. The number of benzene rings is 1. The van der Waals surface area contributed by atoms with Crippen LogP contribution in [0, 0.1) is 11.8 Å². The first kappa shape index (κ1) is 27.9. The Morgan fingerprint density at radius 3 is 2.48 bits per heavy atom. The van der Waals surface area contributed by atoms with Gasteiger partial charge in [0.15, 0.2) is 11.4 Å². The summed E-state index contributed by atoms with van der Waals surface area (Å²) in [7, 11) is 5.53. The predicted molar refractivity (Wildman–Crippen MR) is 145 cm³/mol. The van der Waals surface area contributed by atoms with Crippen LogP contribution in [0.5, 0.6) is 5.75 Å². The highest BCUT2D eigenvalue weighted by atomic mass is 16.3. The second-order valence-corrected chi connectivity index (χ2v) is 11.7. The third-order valence-corrected chi connectivity index (χ3v) is 9.13. The van der Waals surface area contributed by atoms with Crippen molar-refractivity contribution in [2.75, 3.05) is 32.6 Å². The molecular formula is C29H35N3O8. The van der Waals surface area contributed by atoms with E-state index in [4.69, 9.17) is 5.73 Å². The standard InChI is InChI=1S/C29H35N3O8/c1-31(2)18-11-13(6-7-19(33)17-5-4-8-32(17)3)24(35)22-16(18)10-14-9-15-12-20(34)23(28(30)39)27(38)29(15,40)26(37)21(14)25(22)36/h11,14-15,17,35-36,38,40H,4-10,12H2,1-3H3,(H2,30,39)/t14-,15+,17+,29+/m1/s1. The van der Waals surface area contributed by atoms with E-state index in [9.17, 15) is 39.6 Å². The van der Waals surface area contributed by atoms with Gasteiger partial charge in [0.2, 0.25) is 5.78 Å². The Kier molecular flexibility index (Phi) is 6.78. The Balaban J connectivity index is 1.58. The fraction of sp³-hybridized carbons (Fsp3) is 0.517. The number of aliphatic hydroxyl groups is 3. The average Bonchev–Trinajstić information content (AvgIpc) is 3.31. The van der Waals surface area contributed by atoms with Crippen molar-refractivity contribution in [2.45, 2.75) is 56.6 Å². The van der Waals surface area contributed by atoms with Crippen LogP contribution in [0.1, 0.15) is 48.8 Å². The van der Waals surface area contributed by atoms with Gasteiger partial charge in [-0.3, -0.25) is 24.1 Å². The Labute approximate surface area is 231 Å². The topological polar surface area (TPSA) is 182 Å². The molecule has 1 saturated carbocycles. The molecule has 1 saturated heterocycles. The monoisotopic (exact) mass is 553 g/mol. The molecule has 0 radical (unpaired) electrons. The minimum absolute atomic E-state index is 0.0405. The Hall–Kier alpha value is -3.70. The zero-order valence-electron chi connectivity index (χ0n) is 22.9. The van der Waals surface area contributed by atoms with Crippen molar-refractivity contribution < 1.29 is 39.6 Å². The summed E-state index contributed by atoms with van der Waals surface area (Å²) in [5.74, 6) is -6.48. The predicted octanol–water partition coefficient (Wildman–Crippen LogP) is 1.09. The van der Waals surface area contributed by atoms with Crippen molar-refractivity contribution in [3.8, 4) is 5.75 Å². The van der Waals surface area contributed by atoms with Gasteiger partial charge in [-0.05, 0) is 68.8 Å². The van der Waals surface area contributed by atoms with Crippen molar-refractivity contribution in [3.63, 3.8) is 0 Å². The van der Waals surface area contributed by atoms with E-state index in [-0.39, 0.29) is 60.8 Å². The number of likely N-dealkylation sites (tertiary alicyclic amines) is 1. The largest absolute Gasteiger partial charge is 0.508 e. The number of carbonyl (C=O) groups is 4. The zero-order valence-corrected chi connectivity index (χ0v) is 22.9. The second-order valence-electron chi connectivity index (χ2n) is 11.7. The second kappa shape index (κ2) is 9.74. The summed E-state index contributed by atoms with van der Waals surface area (Å²) < 4.78 is 0. The maximum absolute atomic E-state index is 13.8. The molecule has 1 aromatic carbocycles. The lowest BCUT2D eigenvalue weighted by molar-refractivity contribution is -0.147. The summed E-state index contributed by atoms with van der Waals surface area (Å²) in [4.78, 5) is 54.9. The van der Waals surface area contributed by atoms with Crippen LogP contribution < -0.4 is 10.6 Å². The Morgan fingerprint density at radius 1 is 1.18 bits per heavy atom. The van der Waals surface area contributed by atoms with Gasteiger partial charge < -0.3 is 31.1 Å². The van der Waals surface area contributed by atoms with Gasteiger partial charge in [0.05, 0.1) is 11.6 Å². The van der Waals surface area contributed by atoms with Crippen LogP contribution >= 0.6 is 0 Å². The maximum Gasteiger partial charge on any atom is 0.255 e. The molecule has 0 spiro atoms. The molecule has 5 rings (SSSR count). The van der Waals surface area contributed by atoms with Crippen LogP contribution in [0.2, 0.25) is 0 Å². The molecule has 214 valence electrons. The number of hydrogen-bond donors (Lipinski definition) is 5. The van der Waals surface area contributed by atoms with Gasteiger partial charge in [0.1, 0.15) is 28.6 Å². The van der Waals surface area contributed by atoms with E-state index in [2.05, 4.69) is 0 Å². The van der Waals surface area contributed by atoms with Crippen molar-refractivity contribution in [2.24, 2.45) is 17.6 Å². The molecule has 0 bridgehead atoms. The van der Waals surface area contributed by atoms with Crippen molar-refractivity contribution in [3.05, 3.63) is 39.7 Å². The van der Waals surface area contributed by atoms with Gasteiger partial charge in [-0.1, -0.05) is 0 Å². The molecule has 2 fully saturated rings. The molecule has 0 unspecified atom stereocenters. The number of hydrogen-bond acceptors (Lipinski definition) is 10. The molecule has 11 nitrogen and oxygen atoms in total. The minimum Gasteiger partial charge on any atom is -0.508 e. The van der Waals surface area contributed by atoms with E-state index in [0.29, 0.717) is 16.8 Å². The van der Waals surface area contributed by atoms with E-state index in [1.165, 1.54) is 0 Å². The summed E-state index contributed by atoms with van der Waals surface area (Å²) >= 11 is 0. The number of ketones is 3. The number of carbonyl (C=O) groups excluding carboxylic acids is 4. The van der Waals surface area contributed by atoms with E-state index >= 15 is 0 Å². The summed E-state index contributed by atoms with van der Waals surface area (Å²) in [5, 5.41) is 45.0. The molecule has 40 heavy (non-hydrogen) atoms. The molecular weight excluding hydrogens is 518 g/mol. The van der Waals surface area contributed by atoms with E-state index < -0.39 is 52.0 Å². The third-order valence-electron chi connectivity index (χ3n) is 9.13. The quantitative estimate of drug-likeness (QED) is 0.320. The number of nitrogens with two attached hydrogens (primary N) is 1. The van der Waals surface area contributed by atoms with Gasteiger partial charge >= 0.3 is 0 Å². The first-order valence-electron chi connectivity index (χ1n) is 13.5. The van der Waals surface area contributed by atoms with E-state index in [1.807, 2.05) is 30.9 Å². The van der Waals surface area contributed by atoms with Crippen LogP contribution in [0.3, 0.4) is 0 Å². The van der Waals surface area contributed by atoms with Crippen LogP contribution in [0.15, 0.2) is 23.0 Å². The fourth-order valence-electron chi connectivity index (χ4n) is 7.05. The smallest absolute Gasteiger partial charge is 0.255 e. The maximum atomic E-state index is 13.8. The first-order chi connectivity index (χ1) is 18.8. The van der Waals surface area contributed by atoms with Crippen molar-refractivity contribution in [1.82, 2.24) is 4.90 Å². The number of primary amides is 1. The molecule has 11 heteroatoms. The normalized spacial score (nSPS) is 28.4. The number of anilines is 1. The van der Waals surface area contributed by atoms with Gasteiger partial charge in [-0.15, -0.1) is 0 Å². The highest BCUT2D eigenvalue weighted by Crippen LogP contribution is 2.53. The lowest BCUT2D eigenvalue weighted by Gasteiger charge is -2.46. The number of rotatable bonds is 6. The number of phenolic OH excluding ortho intramolecular Hbond substituents is 1. The van der Waals surface area contributed by atoms with Crippen molar-refractivity contribution in [1.29, 1.82) is 0 Å². The van der Waals surface area contributed by atoms with Gasteiger partial charge in [-0.25, -0.2) is 0 Å². The number of Topliss-reactive ketones (excluding diaryl/α,β-unsaturated/α-hetero) is 3. The molecule has 6 N–H and O–H groups in total. The van der Waals surface area contributed by atoms with Gasteiger partial charge in [0, 0.05) is 44.1 Å². The number of fused-ring (bicyclic) bond motifs is 3. The van der Waals surface area contributed by atoms with Crippen LogP contribution in [0.4, 0.5) is 5.69 Å². The van der Waals surface area contributed by atoms with Gasteiger partial charge in [0.25, 0.3) is 5.91 Å². The Morgan fingerprint density at radius 2 is 1.88 bits per heavy atom. The first-order valence-corrected chi connectivity index (χ1v) is 13.5. The molecule has 3 aliphatic carbocycles. The molecule has 1 amide bonds. The number of aromatic hydroxyl groups is 1. The summed E-state index contributed by atoms with van der Waals surface area (Å²) in [6.45, 7) is 0.856. The van der Waals surface area contributed by atoms with Gasteiger partial charge in [-0.2, -0.15) is 0 Å². The number of aliphatic hydroxyl groups excluding tert-OH is 2. The SMILES string of the molecule is CN(C)c1cc(CCC(=O)[C@@H]2CCCN2C)c(O)c2c1C[C@H]1C[C@H]3CC(=O)C(C(N)=O)=C(O)[C@@]3(O)C(=O)C1=C2O. The lowest BCUT2D eigenvalue weighted by Crippen LogP contribution is -2.58. The highest BCUT2D eigenvalue weighted by Gasteiger charge is 2.60. The molecule has 4 aliphatic rings. The summed E-state index contributed by atoms with van der Waals surface area (Å²) in [6.07, 6.45) is 2.09.